The van der Waals surface area contributed by atoms with E-state index in [9.17, 15) is 13.2 Å². The van der Waals surface area contributed by atoms with Crippen molar-refractivity contribution in [2.75, 3.05) is 11.9 Å². The number of nitrogens with zero attached hydrogens (tertiary/aromatic N) is 2. The van der Waals surface area contributed by atoms with Gasteiger partial charge in [-0.3, -0.25) is 5.41 Å². The monoisotopic (exact) mass is 325 g/mol. The van der Waals surface area contributed by atoms with Crippen LogP contribution in [0.4, 0.5) is 19.0 Å². The van der Waals surface area contributed by atoms with Crippen molar-refractivity contribution in [3.63, 3.8) is 0 Å². The minimum absolute atomic E-state index is 0.0277. The van der Waals surface area contributed by atoms with Gasteiger partial charge in [0.05, 0.1) is 18.6 Å². The fourth-order valence-corrected chi connectivity index (χ4v) is 1.84. The van der Waals surface area contributed by atoms with Gasteiger partial charge in [-0.2, -0.15) is 13.2 Å². The predicted molar refractivity (Wildman–Crippen MR) is 79.0 cm³/mol. The topological polar surface area (TPSA) is 73.4 Å². The van der Waals surface area contributed by atoms with Crippen LogP contribution in [0.15, 0.2) is 47.2 Å². The van der Waals surface area contributed by atoms with Crippen molar-refractivity contribution in [1.82, 2.24) is 4.98 Å². The van der Waals surface area contributed by atoms with E-state index in [0.29, 0.717) is 17.5 Å². The summed E-state index contributed by atoms with van der Waals surface area (Å²) in [5.41, 5.74) is -0.916. The third-order valence-electron chi connectivity index (χ3n) is 3.06. The first-order valence-corrected chi connectivity index (χ1v) is 6.53. The molecule has 0 aromatic carbocycles. The molecule has 8 heteroatoms. The maximum atomic E-state index is 12.7. The molecule has 0 saturated heterocycles. The third kappa shape index (κ3) is 3.98. The molecule has 2 aromatic rings. The summed E-state index contributed by atoms with van der Waals surface area (Å²) in [4.78, 5) is 5.43. The Labute approximate surface area is 130 Å². The molecule has 0 bridgehead atoms. The number of anilines is 1. The zero-order chi connectivity index (χ0) is 17.0. The van der Waals surface area contributed by atoms with Gasteiger partial charge in [-0.15, -0.1) is 0 Å². The molecule has 2 N–H and O–H groups in total. The van der Waals surface area contributed by atoms with E-state index in [1.165, 1.54) is 42.6 Å². The van der Waals surface area contributed by atoms with E-state index in [1.807, 2.05) is 0 Å². The number of hydrogen-bond acceptors (Lipinski definition) is 5. The van der Waals surface area contributed by atoms with Gasteiger partial charge >= 0.3 is 6.18 Å². The van der Waals surface area contributed by atoms with E-state index >= 15 is 0 Å². The summed E-state index contributed by atoms with van der Waals surface area (Å²) >= 11 is 0. The number of nitrogens with one attached hydrogen (secondary N) is 1. The maximum absolute atomic E-state index is 12.7. The summed E-state index contributed by atoms with van der Waals surface area (Å²) in [6, 6.07) is 6.15. The number of furan rings is 1. The molecule has 2 rings (SSSR count). The molecule has 0 aliphatic carbocycles. The Morgan fingerprint density at radius 3 is 2.74 bits per heavy atom. The van der Waals surface area contributed by atoms with Crippen LogP contribution in [-0.4, -0.2) is 29.0 Å². The lowest BCUT2D eigenvalue weighted by Gasteiger charge is -2.21. The molecule has 0 unspecified atom stereocenters. The molecule has 0 aliphatic heterocycles. The number of halogens is 3. The first-order valence-electron chi connectivity index (χ1n) is 6.53. The molecule has 0 fully saturated rings. The van der Waals surface area contributed by atoms with Gasteiger partial charge in [0.15, 0.2) is 0 Å². The molecule has 5 nitrogen and oxygen atoms in total. The van der Waals surface area contributed by atoms with E-state index in [1.54, 1.807) is 6.07 Å². The highest BCUT2D eigenvalue weighted by atomic mass is 19.4. The third-order valence-corrected chi connectivity index (χ3v) is 3.06. The van der Waals surface area contributed by atoms with Crippen molar-refractivity contribution < 1.29 is 22.7 Å². The van der Waals surface area contributed by atoms with Crippen LogP contribution in [0.2, 0.25) is 0 Å². The Bertz CT molecular complexity index is 709. The minimum atomic E-state index is -4.76. The molecule has 0 saturated carbocycles. The van der Waals surface area contributed by atoms with E-state index in [4.69, 9.17) is 14.9 Å². The molecule has 2 heterocycles. The summed E-state index contributed by atoms with van der Waals surface area (Å²) in [7, 11) is 1.50. The Hall–Kier alpha value is -2.61. The number of aliphatic hydroxyl groups excluding tert-OH is 1. The number of pyridine rings is 1. The van der Waals surface area contributed by atoms with Crippen molar-refractivity contribution in [2.45, 2.75) is 12.8 Å². The van der Waals surface area contributed by atoms with Gasteiger partial charge in [-0.1, -0.05) is 0 Å². The SMILES string of the molecule is CN(/C(=C\C(=N)C(F)(F)F)c1ccco1)c1cc(CO)ccn1. The van der Waals surface area contributed by atoms with Crippen LogP contribution in [0, 0.1) is 5.41 Å². The quantitative estimate of drug-likeness (QED) is 0.828. The first kappa shape index (κ1) is 16.8. The average molecular weight is 325 g/mol. The van der Waals surface area contributed by atoms with Crippen LogP contribution in [0.3, 0.4) is 0 Å². The normalized spacial score (nSPS) is 12.3. The second-order valence-electron chi connectivity index (χ2n) is 4.66. The lowest BCUT2D eigenvalue weighted by atomic mass is 10.2. The minimum Gasteiger partial charge on any atom is -0.463 e. The fourth-order valence-electron chi connectivity index (χ4n) is 1.84. The number of hydrogen-bond donors (Lipinski definition) is 2. The molecule has 0 spiro atoms. The Kier molecular flexibility index (Phi) is 4.85. The van der Waals surface area contributed by atoms with Crippen molar-refractivity contribution in [3.05, 3.63) is 54.1 Å². The lowest BCUT2D eigenvalue weighted by Crippen LogP contribution is -2.23. The standard InChI is InChI=1S/C15H14F3N3O2/c1-21(14-7-10(9-22)4-5-20-14)11(12-3-2-6-23-12)8-13(19)15(16,17)18/h2-8,19,22H,9H2,1H3/b11-8-,19-13?. The highest BCUT2D eigenvalue weighted by molar-refractivity contribution is 6.03. The van der Waals surface area contributed by atoms with Crippen molar-refractivity contribution in [2.24, 2.45) is 0 Å². The van der Waals surface area contributed by atoms with Gasteiger partial charge in [0.2, 0.25) is 0 Å². The van der Waals surface area contributed by atoms with Crippen LogP contribution in [0.25, 0.3) is 5.70 Å². The number of allylic oxidation sites excluding steroid dienone is 1. The molecular weight excluding hydrogens is 311 g/mol. The number of alkyl halides is 3. The summed E-state index contributed by atoms with van der Waals surface area (Å²) in [6.45, 7) is -0.221. The van der Waals surface area contributed by atoms with Gasteiger partial charge in [-0.25, -0.2) is 4.98 Å². The fraction of sp³-hybridized carbons (Fsp3) is 0.200. The second kappa shape index (κ2) is 6.66. The van der Waals surface area contributed by atoms with E-state index in [0.717, 1.165) is 0 Å². The Morgan fingerprint density at radius 1 is 1.43 bits per heavy atom. The first-order chi connectivity index (χ1) is 10.8. The number of rotatable bonds is 5. The zero-order valence-electron chi connectivity index (χ0n) is 12.1. The van der Waals surface area contributed by atoms with Crippen molar-refractivity contribution >= 4 is 17.2 Å². The van der Waals surface area contributed by atoms with E-state index in [2.05, 4.69) is 4.98 Å². The van der Waals surface area contributed by atoms with Crippen molar-refractivity contribution in [1.29, 1.82) is 5.41 Å². The van der Waals surface area contributed by atoms with Gasteiger partial charge in [0.1, 0.15) is 17.3 Å². The van der Waals surface area contributed by atoms with E-state index in [-0.39, 0.29) is 18.1 Å². The highest BCUT2D eigenvalue weighted by Gasteiger charge is 2.33. The van der Waals surface area contributed by atoms with Gasteiger partial charge in [0.25, 0.3) is 0 Å². The molecule has 23 heavy (non-hydrogen) atoms. The molecule has 0 radical (unpaired) electrons. The Morgan fingerprint density at radius 2 is 2.17 bits per heavy atom. The molecule has 0 atom stereocenters. The van der Waals surface area contributed by atoms with Crippen LogP contribution in [0.5, 0.6) is 0 Å². The largest absolute Gasteiger partial charge is 0.463 e. The molecule has 0 amide bonds. The zero-order valence-corrected chi connectivity index (χ0v) is 12.1. The van der Waals surface area contributed by atoms with Crippen LogP contribution >= 0.6 is 0 Å². The summed E-state index contributed by atoms with van der Waals surface area (Å²) in [6.07, 6.45) is -1.33. The maximum Gasteiger partial charge on any atom is 0.432 e. The Balaban J connectivity index is 2.45. The summed E-state index contributed by atoms with van der Waals surface area (Å²) < 4.78 is 43.2. The van der Waals surface area contributed by atoms with Crippen LogP contribution in [0.1, 0.15) is 11.3 Å². The van der Waals surface area contributed by atoms with Gasteiger partial charge in [0, 0.05) is 13.2 Å². The van der Waals surface area contributed by atoms with E-state index < -0.39 is 11.9 Å². The van der Waals surface area contributed by atoms with Gasteiger partial charge in [-0.05, 0) is 35.9 Å². The van der Waals surface area contributed by atoms with Crippen molar-refractivity contribution in [3.8, 4) is 0 Å². The number of aromatic nitrogens is 1. The highest BCUT2D eigenvalue weighted by Crippen LogP contribution is 2.27. The molecular formula is C15H14F3N3O2. The molecule has 0 aliphatic rings. The predicted octanol–water partition coefficient (Wildman–Crippen LogP) is 3.23. The molecule has 122 valence electrons. The summed E-state index contributed by atoms with van der Waals surface area (Å²) in [5.74, 6) is 0.479. The smallest absolute Gasteiger partial charge is 0.432 e. The molecule has 2 aromatic heterocycles. The second-order valence-corrected chi connectivity index (χ2v) is 4.66. The summed E-state index contributed by atoms with van der Waals surface area (Å²) in [5, 5.41) is 16.3. The number of aliphatic hydroxyl groups is 1. The van der Waals surface area contributed by atoms with Gasteiger partial charge < -0.3 is 14.4 Å². The van der Waals surface area contributed by atoms with Crippen LogP contribution < -0.4 is 4.90 Å². The lowest BCUT2D eigenvalue weighted by molar-refractivity contribution is -0.0583. The average Bonchev–Trinajstić information content (AvgIpc) is 3.05. The van der Waals surface area contributed by atoms with Crippen LogP contribution in [-0.2, 0) is 6.61 Å².